The number of rotatable bonds is 8. The van der Waals surface area contributed by atoms with Crippen molar-refractivity contribution in [2.24, 2.45) is 0 Å². The Kier molecular flexibility index (Phi) is 6.64. The zero-order valence-electron chi connectivity index (χ0n) is 16.8. The predicted octanol–water partition coefficient (Wildman–Crippen LogP) is 3.45. The van der Waals surface area contributed by atoms with Crippen molar-refractivity contribution in [3.63, 3.8) is 0 Å². The third-order valence-corrected chi connectivity index (χ3v) is 4.51. The van der Waals surface area contributed by atoms with Gasteiger partial charge in [-0.2, -0.15) is 0 Å². The fourth-order valence-corrected chi connectivity index (χ4v) is 2.80. The largest absolute Gasteiger partial charge is 0.484 e. The summed E-state index contributed by atoms with van der Waals surface area (Å²) in [5.41, 5.74) is 1.40. The van der Waals surface area contributed by atoms with Gasteiger partial charge in [-0.25, -0.2) is 0 Å². The Labute approximate surface area is 174 Å². The maximum atomic E-state index is 12.6. The van der Waals surface area contributed by atoms with Crippen molar-refractivity contribution in [3.05, 3.63) is 83.8 Å². The van der Waals surface area contributed by atoms with Gasteiger partial charge in [0.25, 0.3) is 11.8 Å². The van der Waals surface area contributed by atoms with Crippen molar-refractivity contribution in [2.45, 2.75) is 13.5 Å². The van der Waals surface area contributed by atoms with Crippen molar-refractivity contribution in [1.82, 2.24) is 5.32 Å². The number of hydrogen-bond acceptors (Lipinski definition) is 5. The molecule has 0 aliphatic rings. The standard InChI is InChI=1S/C23H22N2O5/c1-16(26)17-9-11-18(12-10-17)30-15-22(27)25(2)21-8-4-3-7-20(21)23(28)24-14-19-6-5-13-29-19/h3-13H,14-15H2,1-2H3,(H,24,28). The summed E-state index contributed by atoms with van der Waals surface area (Å²) in [5.74, 6) is 0.430. The van der Waals surface area contributed by atoms with Gasteiger partial charge < -0.3 is 19.4 Å². The van der Waals surface area contributed by atoms with E-state index in [1.807, 2.05) is 0 Å². The summed E-state index contributed by atoms with van der Waals surface area (Å²) in [6.07, 6.45) is 1.54. The second-order valence-corrected chi connectivity index (χ2v) is 6.60. The molecule has 0 bridgehead atoms. The van der Waals surface area contributed by atoms with Gasteiger partial charge in [-0.15, -0.1) is 0 Å². The van der Waals surface area contributed by atoms with Crippen LogP contribution in [0, 0.1) is 0 Å². The number of ether oxygens (including phenoxy) is 1. The van der Waals surface area contributed by atoms with Crippen LogP contribution in [0.3, 0.4) is 0 Å². The van der Waals surface area contributed by atoms with E-state index in [0.29, 0.717) is 28.3 Å². The molecular formula is C23H22N2O5. The Balaban J connectivity index is 1.63. The number of Topliss-reactive ketones (excluding diaryl/α,β-unsaturated/α-hetero) is 1. The number of amides is 2. The number of likely N-dealkylation sites (N-methyl/N-ethyl adjacent to an activating group) is 1. The van der Waals surface area contributed by atoms with Gasteiger partial charge in [-0.1, -0.05) is 12.1 Å². The molecule has 3 rings (SSSR count). The van der Waals surface area contributed by atoms with E-state index in [4.69, 9.17) is 9.15 Å². The average Bonchev–Trinajstić information content (AvgIpc) is 3.29. The molecule has 7 heteroatoms. The van der Waals surface area contributed by atoms with Crippen molar-refractivity contribution < 1.29 is 23.5 Å². The maximum absolute atomic E-state index is 12.6. The first-order valence-corrected chi connectivity index (χ1v) is 9.35. The second-order valence-electron chi connectivity index (χ2n) is 6.60. The number of carbonyl (C=O) groups excluding carboxylic acids is 3. The average molecular weight is 406 g/mol. The van der Waals surface area contributed by atoms with E-state index >= 15 is 0 Å². The normalized spacial score (nSPS) is 10.3. The molecule has 0 fully saturated rings. The molecule has 0 atom stereocenters. The van der Waals surface area contributed by atoms with Crippen molar-refractivity contribution in [1.29, 1.82) is 0 Å². The third kappa shape index (κ3) is 5.14. The molecule has 0 spiro atoms. The Morgan fingerprint density at radius 2 is 1.73 bits per heavy atom. The molecule has 2 aromatic carbocycles. The first-order chi connectivity index (χ1) is 14.5. The van der Waals surface area contributed by atoms with E-state index < -0.39 is 0 Å². The SMILES string of the molecule is CC(=O)c1ccc(OCC(=O)N(C)c2ccccc2C(=O)NCc2ccco2)cc1. The molecule has 0 aliphatic heterocycles. The fraction of sp³-hybridized carbons (Fsp3) is 0.174. The Morgan fingerprint density at radius 3 is 2.40 bits per heavy atom. The highest BCUT2D eigenvalue weighted by Crippen LogP contribution is 2.20. The van der Waals surface area contributed by atoms with Crippen LogP contribution in [-0.2, 0) is 11.3 Å². The van der Waals surface area contributed by atoms with Crippen LogP contribution < -0.4 is 15.0 Å². The summed E-state index contributed by atoms with van der Waals surface area (Å²) >= 11 is 0. The molecular weight excluding hydrogens is 384 g/mol. The highest BCUT2D eigenvalue weighted by atomic mass is 16.5. The van der Waals surface area contributed by atoms with Crippen LogP contribution in [0.25, 0.3) is 0 Å². The first kappa shape index (κ1) is 20.9. The van der Waals surface area contributed by atoms with Gasteiger partial charge in [-0.3, -0.25) is 14.4 Å². The number of para-hydroxylation sites is 1. The lowest BCUT2D eigenvalue weighted by atomic mass is 10.1. The molecule has 7 nitrogen and oxygen atoms in total. The highest BCUT2D eigenvalue weighted by Gasteiger charge is 2.19. The zero-order chi connectivity index (χ0) is 21.5. The molecule has 1 N–H and O–H groups in total. The van der Waals surface area contributed by atoms with Crippen LogP contribution in [0.1, 0.15) is 33.4 Å². The van der Waals surface area contributed by atoms with Gasteiger partial charge in [0.15, 0.2) is 12.4 Å². The van der Waals surface area contributed by atoms with E-state index in [9.17, 15) is 14.4 Å². The Hall–Kier alpha value is -3.87. The molecule has 1 aromatic heterocycles. The van der Waals surface area contributed by atoms with Crippen LogP contribution in [0.4, 0.5) is 5.69 Å². The van der Waals surface area contributed by atoms with Crippen molar-refractivity contribution >= 4 is 23.3 Å². The van der Waals surface area contributed by atoms with E-state index in [2.05, 4.69) is 5.32 Å². The number of hydrogen-bond donors (Lipinski definition) is 1. The molecule has 3 aromatic rings. The minimum absolute atomic E-state index is 0.0423. The summed E-state index contributed by atoms with van der Waals surface area (Å²) in [7, 11) is 1.59. The second kappa shape index (κ2) is 9.56. The topological polar surface area (TPSA) is 88.9 Å². The van der Waals surface area contributed by atoms with Crippen molar-refractivity contribution in [2.75, 3.05) is 18.6 Å². The smallest absolute Gasteiger partial charge is 0.264 e. The third-order valence-electron chi connectivity index (χ3n) is 4.51. The lowest BCUT2D eigenvalue weighted by molar-refractivity contribution is -0.120. The van der Waals surface area contributed by atoms with Crippen LogP contribution in [-0.4, -0.2) is 31.3 Å². The number of furan rings is 1. The minimum Gasteiger partial charge on any atom is -0.484 e. The lowest BCUT2D eigenvalue weighted by Crippen LogP contribution is -2.33. The van der Waals surface area contributed by atoms with Gasteiger partial charge in [-0.05, 0) is 55.5 Å². The van der Waals surface area contributed by atoms with E-state index in [1.165, 1.54) is 18.1 Å². The zero-order valence-corrected chi connectivity index (χ0v) is 16.8. The van der Waals surface area contributed by atoms with Crippen LogP contribution in [0.2, 0.25) is 0 Å². The first-order valence-electron chi connectivity index (χ1n) is 9.35. The summed E-state index contributed by atoms with van der Waals surface area (Å²) < 4.78 is 10.7. The summed E-state index contributed by atoms with van der Waals surface area (Å²) in [6, 6.07) is 16.9. The van der Waals surface area contributed by atoms with Gasteiger partial charge >= 0.3 is 0 Å². The Morgan fingerprint density at radius 1 is 1.00 bits per heavy atom. The number of ketones is 1. The van der Waals surface area contributed by atoms with Crippen LogP contribution in [0.5, 0.6) is 5.75 Å². The summed E-state index contributed by atoms with van der Waals surface area (Å²) in [6.45, 7) is 1.52. The molecule has 154 valence electrons. The molecule has 0 aliphatic carbocycles. The highest BCUT2D eigenvalue weighted by molar-refractivity contribution is 6.04. The molecule has 0 saturated heterocycles. The number of anilines is 1. The lowest BCUT2D eigenvalue weighted by Gasteiger charge is -2.20. The van der Waals surface area contributed by atoms with Gasteiger partial charge in [0.1, 0.15) is 11.5 Å². The van der Waals surface area contributed by atoms with E-state index in [-0.39, 0.29) is 30.7 Å². The van der Waals surface area contributed by atoms with Gasteiger partial charge in [0.05, 0.1) is 24.1 Å². The van der Waals surface area contributed by atoms with E-state index in [0.717, 1.165) is 0 Å². The fourth-order valence-electron chi connectivity index (χ4n) is 2.80. The molecule has 1 heterocycles. The molecule has 0 unspecified atom stereocenters. The predicted molar refractivity (Wildman–Crippen MR) is 112 cm³/mol. The summed E-state index contributed by atoms with van der Waals surface area (Å²) in [4.78, 5) is 37.9. The monoisotopic (exact) mass is 406 g/mol. The molecule has 0 saturated carbocycles. The number of carbonyl (C=O) groups is 3. The molecule has 30 heavy (non-hydrogen) atoms. The quantitative estimate of drug-likeness (QED) is 0.579. The number of nitrogens with one attached hydrogen (secondary N) is 1. The minimum atomic E-state index is -0.322. The van der Waals surface area contributed by atoms with Crippen molar-refractivity contribution in [3.8, 4) is 5.75 Å². The maximum Gasteiger partial charge on any atom is 0.264 e. The van der Waals surface area contributed by atoms with Crippen LogP contribution in [0.15, 0.2) is 71.3 Å². The van der Waals surface area contributed by atoms with Gasteiger partial charge in [0.2, 0.25) is 0 Å². The number of benzene rings is 2. The Bertz CT molecular complexity index is 1030. The van der Waals surface area contributed by atoms with E-state index in [1.54, 1.807) is 67.7 Å². The summed E-state index contributed by atoms with van der Waals surface area (Å²) in [5, 5.41) is 2.78. The van der Waals surface area contributed by atoms with Crippen LogP contribution >= 0.6 is 0 Å². The molecule has 2 amide bonds. The number of nitrogens with zero attached hydrogens (tertiary/aromatic N) is 1. The molecule has 0 radical (unpaired) electrons. The van der Waals surface area contributed by atoms with Gasteiger partial charge in [0, 0.05) is 12.6 Å².